The van der Waals surface area contributed by atoms with Gasteiger partial charge in [0.2, 0.25) is 0 Å². The number of benzene rings is 2. The summed E-state index contributed by atoms with van der Waals surface area (Å²) in [6.45, 7) is 9.36. The predicted molar refractivity (Wildman–Crippen MR) is 114 cm³/mol. The highest BCUT2D eigenvalue weighted by atomic mass is 16.5. The maximum absolute atomic E-state index is 6.87. The van der Waals surface area contributed by atoms with Gasteiger partial charge in [-0.05, 0) is 54.2 Å². The summed E-state index contributed by atoms with van der Waals surface area (Å²) in [4.78, 5) is 0. The van der Waals surface area contributed by atoms with E-state index in [2.05, 4.69) is 82.3 Å². The predicted octanol–water partition coefficient (Wildman–Crippen LogP) is 7.04. The fourth-order valence-electron chi connectivity index (χ4n) is 5.17. The van der Waals surface area contributed by atoms with Crippen molar-refractivity contribution in [1.82, 2.24) is 0 Å². The second-order valence-electron chi connectivity index (χ2n) is 8.93. The van der Waals surface area contributed by atoms with Gasteiger partial charge in [0.15, 0.2) is 0 Å². The molecule has 0 heterocycles. The van der Waals surface area contributed by atoms with Crippen LogP contribution in [0.5, 0.6) is 0 Å². The zero-order chi connectivity index (χ0) is 19.0. The van der Waals surface area contributed by atoms with Gasteiger partial charge in [0.25, 0.3) is 0 Å². The molecular formula is C26H32O. The van der Waals surface area contributed by atoms with Gasteiger partial charge in [-0.3, -0.25) is 0 Å². The van der Waals surface area contributed by atoms with Crippen molar-refractivity contribution in [2.24, 2.45) is 17.8 Å². The van der Waals surface area contributed by atoms with E-state index in [1.165, 1.54) is 41.5 Å². The Morgan fingerprint density at radius 2 is 1.63 bits per heavy atom. The molecule has 0 amide bonds. The molecule has 2 aliphatic rings. The molecule has 0 bridgehead atoms. The monoisotopic (exact) mass is 360 g/mol. The van der Waals surface area contributed by atoms with E-state index < -0.39 is 0 Å². The average molecular weight is 361 g/mol. The fraction of sp³-hybridized carbons (Fsp3) is 0.462. The SMILES string of the molecule is CC1=C(O[C@@H]2C[C@H](C)CC[C@H]2C(C)C)c2ccccc2[C@@H]1c1ccccc1. The summed E-state index contributed by atoms with van der Waals surface area (Å²) >= 11 is 0. The van der Waals surface area contributed by atoms with Gasteiger partial charge >= 0.3 is 0 Å². The molecule has 2 aromatic carbocycles. The molecule has 0 aromatic heterocycles. The number of ether oxygens (including phenoxy) is 1. The van der Waals surface area contributed by atoms with Crippen molar-refractivity contribution in [2.45, 2.75) is 59.0 Å². The van der Waals surface area contributed by atoms with E-state index in [-0.39, 0.29) is 0 Å². The Balaban J connectivity index is 1.71. The van der Waals surface area contributed by atoms with Crippen LogP contribution < -0.4 is 0 Å². The average Bonchev–Trinajstić information content (AvgIpc) is 2.94. The van der Waals surface area contributed by atoms with Gasteiger partial charge in [-0.15, -0.1) is 0 Å². The van der Waals surface area contributed by atoms with Crippen LogP contribution in [0.15, 0.2) is 60.2 Å². The van der Waals surface area contributed by atoms with Gasteiger partial charge in [-0.25, -0.2) is 0 Å². The number of hydrogen-bond acceptors (Lipinski definition) is 1. The van der Waals surface area contributed by atoms with Crippen LogP contribution in [-0.2, 0) is 4.74 Å². The van der Waals surface area contributed by atoms with Crippen LogP contribution in [0.2, 0.25) is 0 Å². The first kappa shape index (κ1) is 18.3. The lowest BCUT2D eigenvalue weighted by Crippen LogP contribution is -2.34. The second-order valence-corrected chi connectivity index (χ2v) is 8.93. The Morgan fingerprint density at radius 3 is 2.37 bits per heavy atom. The molecule has 1 saturated carbocycles. The number of fused-ring (bicyclic) bond motifs is 1. The van der Waals surface area contributed by atoms with Crippen molar-refractivity contribution in [3.63, 3.8) is 0 Å². The third-order valence-electron chi connectivity index (χ3n) is 6.67. The van der Waals surface area contributed by atoms with Crippen LogP contribution in [0, 0.1) is 17.8 Å². The summed E-state index contributed by atoms with van der Waals surface area (Å²) in [6.07, 6.45) is 4.14. The summed E-state index contributed by atoms with van der Waals surface area (Å²) in [6, 6.07) is 19.7. The van der Waals surface area contributed by atoms with Crippen molar-refractivity contribution < 1.29 is 4.74 Å². The minimum atomic E-state index is 0.316. The molecule has 27 heavy (non-hydrogen) atoms. The molecule has 4 rings (SSSR count). The standard InChI is InChI=1S/C26H32O/c1-17(2)21-15-14-18(3)16-24(21)27-26-19(4)25(20-10-6-5-7-11-20)22-12-8-9-13-23(22)26/h5-13,17-18,21,24-25H,14-16H2,1-4H3/t18-,21+,24-,25+/m1/s1. The normalized spacial score (nSPS) is 27.7. The van der Waals surface area contributed by atoms with Gasteiger partial charge in [-0.2, -0.15) is 0 Å². The van der Waals surface area contributed by atoms with Gasteiger partial charge in [0.05, 0.1) is 0 Å². The maximum Gasteiger partial charge on any atom is 0.127 e. The van der Waals surface area contributed by atoms with E-state index in [0.29, 0.717) is 23.9 Å². The number of rotatable bonds is 4. The molecule has 0 unspecified atom stereocenters. The maximum atomic E-state index is 6.87. The molecule has 0 spiro atoms. The second kappa shape index (κ2) is 7.54. The van der Waals surface area contributed by atoms with E-state index >= 15 is 0 Å². The van der Waals surface area contributed by atoms with Crippen molar-refractivity contribution in [1.29, 1.82) is 0 Å². The van der Waals surface area contributed by atoms with Crippen molar-refractivity contribution in [2.75, 3.05) is 0 Å². The topological polar surface area (TPSA) is 9.23 Å². The largest absolute Gasteiger partial charge is 0.490 e. The van der Waals surface area contributed by atoms with Gasteiger partial charge in [0, 0.05) is 11.5 Å². The highest BCUT2D eigenvalue weighted by molar-refractivity contribution is 5.76. The van der Waals surface area contributed by atoms with Crippen LogP contribution in [0.3, 0.4) is 0 Å². The molecule has 1 heteroatoms. The minimum absolute atomic E-state index is 0.316. The molecular weight excluding hydrogens is 328 g/mol. The van der Waals surface area contributed by atoms with E-state index in [1.54, 1.807) is 0 Å². The summed E-state index contributed by atoms with van der Waals surface area (Å²) in [5.74, 6) is 3.54. The molecule has 0 saturated heterocycles. The van der Waals surface area contributed by atoms with E-state index in [4.69, 9.17) is 4.74 Å². The molecule has 1 fully saturated rings. The molecule has 0 aliphatic heterocycles. The third-order valence-corrected chi connectivity index (χ3v) is 6.67. The lowest BCUT2D eigenvalue weighted by Gasteiger charge is -2.38. The lowest BCUT2D eigenvalue weighted by molar-refractivity contribution is 0.0255. The van der Waals surface area contributed by atoms with E-state index in [0.717, 1.165) is 11.7 Å². The summed E-state index contributed by atoms with van der Waals surface area (Å²) < 4.78 is 6.87. The van der Waals surface area contributed by atoms with Crippen molar-refractivity contribution in [3.05, 3.63) is 76.9 Å². The molecule has 1 nitrogen and oxygen atoms in total. The van der Waals surface area contributed by atoms with Crippen LogP contribution in [0.1, 0.15) is 69.6 Å². The van der Waals surface area contributed by atoms with E-state index in [1.807, 2.05) is 0 Å². The number of hydrogen-bond donors (Lipinski definition) is 0. The Hall–Kier alpha value is -2.02. The number of allylic oxidation sites excluding steroid dienone is 1. The van der Waals surface area contributed by atoms with Crippen molar-refractivity contribution in [3.8, 4) is 0 Å². The van der Waals surface area contributed by atoms with Crippen LogP contribution in [0.4, 0.5) is 0 Å². The third kappa shape index (κ3) is 3.45. The quantitative estimate of drug-likeness (QED) is 0.568. The lowest BCUT2D eigenvalue weighted by atomic mass is 9.75. The first-order valence-electron chi connectivity index (χ1n) is 10.6. The zero-order valence-corrected chi connectivity index (χ0v) is 17.1. The molecule has 0 radical (unpaired) electrons. The molecule has 2 aromatic rings. The summed E-state index contributed by atoms with van der Waals surface area (Å²) in [7, 11) is 0. The highest BCUT2D eigenvalue weighted by Crippen LogP contribution is 2.48. The van der Waals surface area contributed by atoms with Gasteiger partial charge in [-0.1, -0.05) is 81.8 Å². The van der Waals surface area contributed by atoms with Crippen molar-refractivity contribution >= 4 is 5.76 Å². The van der Waals surface area contributed by atoms with E-state index in [9.17, 15) is 0 Å². The first-order chi connectivity index (χ1) is 13.1. The smallest absolute Gasteiger partial charge is 0.127 e. The minimum Gasteiger partial charge on any atom is -0.490 e. The van der Waals surface area contributed by atoms with Gasteiger partial charge in [0.1, 0.15) is 11.9 Å². The zero-order valence-electron chi connectivity index (χ0n) is 17.1. The molecule has 0 N–H and O–H groups in total. The Kier molecular flexibility index (Phi) is 5.12. The molecule has 2 aliphatic carbocycles. The summed E-state index contributed by atoms with van der Waals surface area (Å²) in [5.41, 5.74) is 5.41. The fourth-order valence-corrected chi connectivity index (χ4v) is 5.17. The first-order valence-corrected chi connectivity index (χ1v) is 10.6. The summed E-state index contributed by atoms with van der Waals surface area (Å²) in [5, 5.41) is 0. The van der Waals surface area contributed by atoms with Crippen LogP contribution in [-0.4, -0.2) is 6.10 Å². The Bertz CT molecular complexity index is 817. The Morgan fingerprint density at radius 1 is 0.926 bits per heavy atom. The molecule has 4 atom stereocenters. The van der Waals surface area contributed by atoms with Gasteiger partial charge < -0.3 is 4.74 Å². The van der Waals surface area contributed by atoms with Crippen LogP contribution >= 0.6 is 0 Å². The molecule has 142 valence electrons. The Labute approximate surface area is 164 Å². The highest BCUT2D eigenvalue weighted by Gasteiger charge is 2.36. The van der Waals surface area contributed by atoms with Crippen LogP contribution in [0.25, 0.3) is 5.76 Å².